The monoisotopic (exact) mass is 275 g/mol. The molecule has 0 radical (unpaired) electrons. The summed E-state index contributed by atoms with van der Waals surface area (Å²) in [6, 6.07) is 4.09. The first-order valence-corrected chi connectivity index (χ1v) is 5.25. The molecule has 1 rings (SSSR count). The van der Waals surface area contributed by atoms with Crippen molar-refractivity contribution in [1.82, 2.24) is 0 Å². The molecule has 1 N–H and O–H groups in total. The third-order valence-electron chi connectivity index (χ3n) is 1.64. The first-order valence-electron chi connectivity index (χ1n) is 4.46. The second-order valence-electron chi connectivity index (χ2n) is 2.81. The van der Waals surface area contributed by atoms with E-state index in [9.17, 15) is 9.18 Å². The summed E-state index contributed by atoms with van der Waals surface area (Å²) >= 11 is 3.20. The van der Waals surface area contributed by atoms with E-state index in [2.05, 4.69) is 21.2 Å². The highest BCUT2D eigenvalue weighted by Crippen LogP contribution is 2.22. The lowest BCUT2D eigenvalue weighted by atomic mass is 10.3. The molecule has 0 saturated heterocycles. The van der Waals surface area contributed by atoms with Gasteiger partial charge in [0, 0.05) is 11.1 Å². The van der Waals surface area contributed by atoms with E-state index in [1.54, 1.807) is 6.92 Å². The minimum absolute atomic E-state index is 0.0283. The summed E-state index contributed by atoms with van der Waals surface area (Å²) < 4.78 is 18.4. The number of benzene rings is 1. The molecule has 1 amide bonds. The van der Waals surface area contributed by atoms with E-state index in [1.807, 2.05) is 0 Å². The SMILES string of the molecule is CCOCC(=O)Nc1cc(F)ccc1Br. The molecule has 82 valence electrons. The molecule has 0 aliphatic heterocycles. The van der Waals surface area contributed by atoms with Crippen molar-refractivity contribution in [1.29, 1.82) is 0 Å². The molecule has 0 saturated carbocycles. The van der Waals surface area contributed by atoms with Crippen molar-refractivity contribution in [2.75, 3.05) is 18.5 Å². The van der Waals surface area contributed by atoms with Gasteiger partial charge < -0.3 is 10.1 Å². The number of hydrogen-bond donors (Lipinski definition) is 1. The van der Waals surface area contributed by atoms with Crippen molar-refractivity contribution in [3.8, 4) is 0 Å². The van der Waals surface area contributed by atoms with E-state index < -0.39 is 5.82 Å². The Labute approximate surface area is 95.7 Å². The fraction of sp³-hybridized carbons (Fsp3) is 0.300. The molecular weight excluding hydrogens is 265 g/mol. The Morgan fingerprint density at radius 1 is 1.60 bits per heavy atom. The van der Waals surface area contributed by atoms with Crippen LogP contribution in [-0.4, -0.2) is 19.1 Å². The molecule has 0 unspecified atom stereocenters. The summed E-state index contributed by atoms with van der Waals surface area (Å²) in [7, 11) is 0. The second-order valence-corrected chi connectivity index (χ2v) is 3.66. The average molecular weight is 276 g/mol. The first kappa shape index (κ1) is 12.1. The van der Waals surface area contributed by atoms with Crippen LogP contribution in [-0.2, 0) is 9.53 Å². The zero-order valence-corrected chi connectivity index (χ0v) is 9.80. The summed E-state index contributed by atoms with van der Waals surface area (Å²) in [5.74, 6) is -0.701. The number of amides is 1. The fourth-order valence-electron chi connectivity index (χ4n) is 0.974. The van der Waals surface area contributed by atoms with Gasteiger partial charge in [0.05, 0.1) is 5.69 Å². The highest BCUT2D eigenvalue weighted by molar-refractivity contribution is 9.10. The van der Waals surface area contributed by atoms with Crippen molar-refractivity contribution >= 4 is 27.5 Å². The largest absolute Gasteiger partial charge is 0.372 e. The van der Waals surface area contributed by atoms with Crippen molar-refractivity contribution in [3.63, 3.8) is 0 Å². The summed E-state index contributed by atoms with van der Waals surface area (Å²) in [5, 5.41) is 2.54. The predicted octanol–water partition coefficient (Wildman–Crippen LogP) is 2.56. The Balaban J connectivity index is 2.63. The number of ether oxygens (including phenoxy) is 1. The van der Waals surface area contributed by atoms with Crippen LogP contribution in [0.1, 0.15) is 6.92 Å². The quantitative estimate of drug-likeness (QED) is 0.917. The molecule has 5 heteroatoms. The topological polar surface area (TPSA) is 38.3 Å². The summed E-state index contributed by atoms with van der Waals surface area (Å²) in [5.41, 5.74) is 0.403. The van der Waals surface area contributed by atoms with E-state index in [0.29, 0.717) is 16.8 Å². The number of anilines is 1. The van der Waals surface area contributed by atoms with Crippen LogP contribution < -0.4 is 5.32 Å². The van der Waals surface area contributed by atoms with Crippen molar-refractivity contribution < 1.29 is 13.9 Å². The summed E-state index contributed by atoms with van der Waals surface area (Å²) in [6.07, 6.45) is 0. The lowest BCUT2D eigenvalue weighted by molar-refractivity contribution is -0.120. The van der Waals surface area contributed by atoms with Gasteiger partial charge in [-0.25, -0.2) is 4.39 Å². The van der Waals surface area contributed by atoms with Gasteiger partial charge in [-0.1, -0.05) is 0 Å². The van der Waals surface area contributed by atoms with Crippen LogP contribution in [0, 0.1) is 5.82 Å². The van der Waals surface area contributed by atoms with Gasteiger partial charge in [-0.3, -0.25) is 4.79 Å². The van der Waals surface area contributed by atoms with Gasteiger partial charge >= 0.3 is 0 Å². The van der Waals surface area contributed by atoms with Crippen LogP contribution in [0.3, 0.4) is 0 Å². The average Bonchev–Trinajstić information content (AvgIpc) is 2.20. The van der Waals surface area contributed by atoms with Crippen LogP contribution in [0.2, 0.25) is 0 Å². The summed E-state index contributed by atoms with van der Waals surface area (Å²) in [6.45, 7) is 2.24. The zero-order chi connectivity index (χ0) is 11.3. The first-order chi connectivity index (χ1) is 7.13. The zero-order valence-electron chi connectivity index (χ0n) is 8.22. The Hall–Kier alpha value is -0.940. The van der Waals surface area contributed by atoms with Gasteiger partial charge in [0.15, 0.2) is 0 Å². The number of rotatable bonds is 4. The standard InChI is InChI=1S/C10H11BrFNO2/c1-2-15-6-10(14)13-9-5-7(12)3-4-8(9)11/h3-5H,2,6H2,1H3,(H,13,14). The maximum Gasteiger partial charge on any atom is 0.250 e. The van der Waals surface area contributed by atoms with Crippen LogP contribution >= 0.6 is 15.9 Å². The lowest BCUT2D eigenvalue weighted by Crippen LogP contribution is -2.18. The van der Waals surface area contributed by atoms with Gasteiger partial charge in [-0.15, -0.1) is 0 Å². The molecule has 0 heterocycles. The summed E-state index contributed by atoms with van der Waals surface area (Å²) in [4.78, 5) is 11.3. The third-order valence-corrected chi connectivity index (χ3v) is 2.33. The van der Waals surface area contributed by atoms with Crippen molar-refractivity contribution in [3.05, 3.63) is 28.5 Å². The Bertz CT molecular complexity index is 357. The van der Waals surface area contributed by atoms with E-state index in [0.717, 1.165) is 0 Å². The van der Waals surface area contributed by atoms with Crippen molar-refractivity contribution in [2.24, 2.45) is 0 Å². The molecule has 0 atom stereocenters. The van der Waals surface area contributed by atoms with Gasteiger partial charge in [0.1, 0.15) is 12.4 Å². The number of nitrogens with one attached hydrogen (secondary N) is 1. The van der Waals surface area contributed by atoms with Crippen LogP contribution in [0.5, 0.6) is 0 Å². The Kier molecular flexibility index (Phi) is 4.71. The minimum atomic E-state index is -0.398. The molecule has 0 bridgehead atoms. The van der Waals surface area contributed by atoms with Crippen LogP contribution in [0.15, 0.2) is 22.7 Å². The molecule has 0 aliphatic carbocycles. The van der Waals surface area contributed by atoms with E-state index in [4.69, 9.17) is 4.74 Å². The van der Waals surface area contributed by atoms with Crippen LogP contribution in [0.4, 0.5) is 10.1 Å². The highest BCUT2D eigenvalue weighted by Gasteiger charge is 2.06. The molecule has 1 aromatic carbocycles. The van der Waals surface area contributed by atoms with E-state index in [-0.39, 0.29) is 12.5 Å². The maximum atomic E-state index is 12.8. The Morgan fingerprint density at radius 3 is 3.00 bits per heavy atom. The minimum Gasteiger partial charge on any atom is -0.372 e. The second kappa shape index (κ2) is 5.82. The van der Waals surface area contributed by atoms with Gasteiger partial charge in [-0.05, 0) is 41.1 Å². The smallest absolute Gasteiger partial charge is 0.250 e. The van der Waals surface area contributed by atoms with Crippen molar-refractivity contribution in [2.45, 2.75) is 6.92 Å². The van der Waals surface area contributed by atoms with Gasteiger partial charge in [0.2, 0.25) is 5.91 Å². The van der Waals surface area contributed by atoms with Gasteiger partial charge in [0.25, 0.3) is 0 Å². The molecule has 0 fully saturated rings. The predicted molar refractivity (Wildman–Crippen MR) is 59.2 cm³/mol. The van der Waals surface area contributed by atoms with E-state index in [1.165, 1.54) is 18.2 Å². The molecular formula is C10H11BrFNO2. The Morgan fingerprint density at radius 2 is 2.33 bits per heavy atom. The molecule has 0 spiro atoms. The normalized spacial score (nSPS) is 10.1. The molecule has 1 aromatic rings. The number of carbonyl (C=O) groups excluding carboxylic acids is 1. The molecule has 3 nitrogen and oxygen atoms in total. The third kappa shape index (κ3) is 3.97. The van der Waals surface area contributed by atoms with Crippen LogP contribution in [0.25, 0.3) is 0 Å². The maximum absolute atomic E-state index is 12.8. The number of hydrogen-bond acceptors (Lipinski definition) is 2. The molecule has 0 aromatic heterocycles. The van der Waals surface area contributed by atoms with Gasteiger partial charge in [-0.2, -0.15) is 0 Å². The number of carbonyl (C=O) groups is 1. The molecule has 15 heavy (non-hydrogen) atoms. The highest BCUT2D eigenvalue weighted by atomic mass is 79.9. The molecule has 0 aliphatic rings. The lowest BCUT2D eigenvalue weighted by Gasteiger charge is -2.07. The van der Waals surface area contributed by atoms with E-state index >= 15 is 0 Å². The number of halogens is 2. The fourth-order valence-corrected chi connectivity index (χ4v) is 1.32.